The Balaban J connectivity index is 1.35. The summed E-state index contributed by atoms with van der Waals surface area (Å²) in [5.41, 5.74) is 3.59. The fourth-order valence-electron chi connectivity index (χ4n) is 4.04. The van der Waals surface area contributed by atoms with Gasteiger partial charge in [0, 0.05) is 43.6 Å². The van der Waals surface area contributed by atoms with E-state index >= 15 is 0 Å². The highest BCUT2D eigenvalue weighted by atomic mass is 16.5. The quantitative estimate of drug-likeness (QED) is 0.522. The predicted octanol–water partition coefficient (Wildman–Crippen LogP) is 3.02. The zero-order valence-corrected chi connectivity index (χ0v) is 17.0. The second kappa shape index (κ2) is 8.15. The lowest BCUT2D eigenvalue weighted by Gasteiger charge is -2.26. The van der Waals surface area contributed by atoms with Gasteiger partial charge in [-0.1, -0.05) is 30.3 Å². The number of carbonyl (C=O) groups is 1. The first-order valence-corrected chi connectivity index (χ1v) is 10.1. The van der Waals surface area contributed by atoms with Gasteiger partial charge in [0.25, 0.3) is 0 Å². The number of benzene rings is 2. The third-order valence-electron chi connectivity index (χ3n) is 6.00. The Morgan fingerprint density at radius 2 is 1.93 bits per heavy atom. The second-order valence-electron chi connectivity index (χ2n) is 7.85. The fourth-order valence-corrected chi connectivity index (χ4v) is 4.04. The maximum absolute atomic E-state index is 12.0. The Morgan fingerprint density at radius 1 is 1.17 bits per heavy atom. The van der Waals surface area contributed by atoms with Crippen molar-refractivity contribution < 1.29 is 9.53 Å². The zero-order valence-electron chi connectivity index (χ0n) is 17.0. The van der Waals surface area contributed by atoms with E-state index in [4.69, 9.17) is 4.74 Å². The van der Waals surface area contributed by atoms with E-state index in [1.807, 2.05) is 30.3 Å². The number of fused-ring (bicyclic) bond motifs is 1. The number of rotatable bonds is 6. The van der Waals surface area contributed by atoms with Crippen LogP contribution < -0.4 is 20.7 Å². The van der Waals surface area contributed by atoms with Crippen molar-refractivity contribution in [3.63, 3.8) is 0 Å². The minimum atomic E-state index is 0.0647. The largest absolute Gasteiger partial charge is 0.497 e. The molecule has 1 aliphatic carbocycles. The summed E-state index contributed by atoms with van der Waals surface area (Å²) in [6.07, 6.45) is 2.82. The third-order valence-corrected chi connectivity index (χ3v) is 6.00. The highest BCUT2D eigenvalue weighted by Crippen LogP contribution is 2.47. The topological polar surface area (TPSA) is 74.8 Å². The fraction of sp³-hybridized carbons (Fsp3) is 0.391. The average Bonchev–Trinajstić information content (AvgIpc) is 3.55. The monoisotopic (exact) mass is 392 g/mol. The summed E-state index contributed by atoms with van der Waals surface area (Å²) in [6, 6.07) is 16.4. The molecule has 6 heteroatoms. The van der Waals surface area contributed by atoms with Crippen LogP contribution in [0.4, 0.5) is 5.69 Å². The van der Waals surface area contributed by atoms with Crippen molar-refractivity contribution in [1.29, 1.82) is 0 Å². The van der Waals surface area contributed by atoms with Gasteiger partial charge in [0.2, 0.25) is 5.91 Å². The van der Waals surface area contributed by atoms with Gasteiger partial charge in [0.05, 0.1) is 7.11 Å². The number of aliphatic imine (C=N–C) groups is 1. The van der Waals surface area contributed by atoms with Gasteiger partial charge < -0.3 is 20.7 Å². The number of hydrogen-bond donors (Lipinski definition) is 3. The van der Waals surface area contributed by atoms with Crippen molar-refractivity contribution in [1.82, 2.24) is 10.6 Å². The van der Waals surface area contributed by atoms with Gasteiger partial charge in [-0.25, -0.2) is 0 Å². The Hall–Kier alpha value is -3.02. The van der Waals surface area contributed by atoms with E-state index < -0.39 is 0 Å². The Bertz CT molecular complexity index is 903. The third kappa shape index (κ3) is 4.21. The standard InChI is InChI=1S/C23H28N4O2/c1-24-22(25-14-16-13-21(28)27-20-6-4-3-5-19(16)20)26-15-23(11-12-23)17-7-9-18(29-2)10-8-17/h3-10,16H,11-15H2,1-2H3,(H,27,28)(H2,24,25,26). The van der Waals surface area contributed by atoms with Gasteiger partial charge in [-0.05, 0) is 42.2 Å². The summed E-state index contributed by atoms with van der Waals surface area (Å²) < 4.78 is 5.27. The van der Waals surface area contributed by atoms with Crippen LogP contribution in [0.5, 0.6) is 5.75 Å². The summed E-state index contributed by atoms with van der Waals surface area (Å²) in [7, 11) is 3.47. The first-order chi connectivity index (χ1) is 14.1. The van der Waals surface area contributed by atoms with E-state index in [9.17, 15) is 4.79 Å². The highest BCUT2D eigenvalue weighted by molar-refractivity contribution is 5.94. The maximum atomic E-state index is 12.0. The molecule has 1 heterocycles. The highest BCUT2D eigenvalue weighted by Gasteiger charge is 2.44. The number of para-hydroxylation sites is 1. The van der Waals surface area contributed by atoms with Crippen LogP contribution in [-0.2, 0) is 10.2 Å². The summed E-state index contributed by atoms with van der Waals surface area (Å²) >= 11 is 0. The van der Waals surface area contributed by atoms with E-state index in [1.54, 1.807) is 14.2 Å². The molecule has 29 heavy (non-hydrogen) atoms. The SMILES string of the molecule is CN=C(NCC1CC(=O)Nc2ccccc21)NCC1(c2ccc(OC)cc2)CC1. The van der Waals surface area contributed by atoms with Crippen molar-refractivity contribution in [3.05, 3.63) is 59.7 Å². The predicted molar refractivity (Wildman–Crippen MR) is 116 cm³/mol. The molecule has 1 atom stereocenters. The molecule has 1 saturated carbocycles. The molecule has 152 valence electrons. The van der Waals surface area contributed by atoms with Crippen molar-refractivity contribution in [2.75, 3.05) is 32.6 Å². The molecular formula is C23H28N4O2. The molecule has 0 aromatic heterocycles. The van der Waals surface area contributed by atoms with Crippen LogP contribution in [0.3, 0.4) is 0 Å². The number of guanidine groups is 1. The van der Waals surface area contributed by atoms with Crippen molar-refractivity contribution in [2.24, 2.45) is 4.99 Å². The molecule has 1 fully saturated rings. The van der Waals surface area contributed by atoms with Gasteiger partial charge in [-0.15, -0.1) is 0 Å². The Labute approximate surface area is 171 Å². The summed E-state index contributed by atoms with van der Waals surface area (Å²) in [5, 5.41) is 9.84. The number of methoxy groups -OCH3 is 1. The van der Waals surface area contributed by atoms with Gasteiger partial charge in [-0.3, -0.25) is 9.79 Å². The van der Waals surface area contributed by atoms with Crippen molar-refractivity contribution in [3.8, 4) is 5.75 Å². The Kier molecular flexibility index (Phi) is 5.43. The molecule has 2 aromatic carbocycles. The molecule has 1 unspecified atom stereocenters. The summed E-state index contributed by atoms with van der Waals surface area (Å²) in [4.78, 5) is 16.4. The normalized spacial score (nSPS) is 19.7. The minimum Gasteiger partial charge on any atom is -0.497 e. The average molecular weight is 393 g/mol. The van der Waals surface area contributed by atoms with E-state index in [1.165, 1.54) is 24.0 Å². The van der Waals surface area contributed by atoms with Gasteiger partial charge in [0.15, 0.2) is 5.96 Å². The van der Waals surface area contributed by atoms with Gasteiger partial charge >= 0.3 is 0 Å². The number of carbonyl (C=O) groups excluding carboxylic acids is 1. The van der Waals surface area contributed by atoms with E-state index in [2.05, 4.69) is 39.1 Å². The molecule has 0 saturated heterocycles. The maximum Gasteiger partial charge on any atom is 0.225 e. The van der Waals surface area contributed by atoms with Crippen LogP contribution in [-0.4, -0.2) is 39.1 Å². The van der Waals surface area contributed by atoms with Gasteiger partial charge in [-0.2, -0.15) is 0 Å². The first-order valence-electron chi connectivity index (χ1n) is 10.1. The summed E-state index contributed by atoms with van der Waals surface area (Å²) in [5.74, 6) is 1.85. The zero-order chi connectivity index (χ0) is 20.3. The minimum absolute atomic E-state index is 0.0647. The Morgan fingerprint density at radius 3 is 2.62 bits per heavy atom. The molecular weight excluding hydrogens is 364 g/mol. The molecule has 0 spiro atoms. The number of ether oxygens (including phenoxy) is 1. The molecule has 0 bridgehead atoms. The molecule has 0 radical (unpaired) electrons. The molecule has 3 N–H and O–H groups in total. The van der Waals surface area contributed by atoms with E-state index in [0.29, 0.717) is 13.0 Å². The molecule has 2 aliphatic rings. The molecule has 2 aromatic rings. The molecule has 6 nitrogen and oxygen atoms in total. The lowest BCUT2D eigenvalue weighted by molar-refractivity contribution is -0.116. The van der Waals surface area contributed by atoms with Crippen LogP contribution in [0, 0.1) is 0 Å². The number of nitrogens with zero attached hydrogens (tertiary/aromatic N) is 1. The van der Waals surface area contributed by atoms with Crippen LogP contribution in [0.15, 0.2) is 53.5 Å². The second-order valence-corrected chi connectivity index (χ2v) is 7.85. The van der Waals surface area contributed by atoms with E-state index in [-0.39, 0.29) is 17.2 Å². The lowest BCUT2D eigenvalue weighted by atomic mass is 9.90. The number of nitrogens with one attached hydrogen (secondary N) is 3. The smallest absolute Gasteiger partial charge is 0.225 e. The molecule has 4 rings (SSSR count). The van der Waals surface area contributed by atoms with Crippen molar-refractivity contribution >= 4 is 17.6 Å². The van der Waals surface area contributed by atoms with Crippen LogP contribution in [0.2, 0.25) is 0 Å². The van der Waals surface area contributed by atoms with Crippen molar-refractivity contribution in [2.45, 2.75) is 30.6 Å². The van der Waals surface area contributed by atoms with E-state index in [0.717, 1.165) is 23.9 Å². The van der Waals surface area contributed by atoms with Crippen LogP contribution >= 0.6 is 0 Å². The summed E-state index contributed by atoms with van der Waals surface area (Å²) in [6.45, 7) is 1.50. The van der Waals surface area contributed by atoms with Gasteiger partial charge in [0.1, 0.15) is 5.75 Å². The number of hydrogen-bond acceptors (Lipinski definition) is 3. The number of anilines is 1. The number of amides is 1. The lowest BCUT2D eigenvalue weighted by Crippen LogP contribution is -2.43. The van der Waals surface area contributed by atoms with Crippen LogP contribution in [0.25, 0.3) is 0 Å². The first kappa shape index (κ1) is 19.3. The molecule has 1 aliphatic heterocycles. The molecule has 1 amide bonds. The van der Waals surface area contributed by atoms with Crippen LogP contribution in [0.1, 0.15) is 36.3 Å².